The summed E-state index contributed by atoms with van der Waals surface area (Å²) in [7, 11) is 0. The van der Waals surface area contributed by atoms with Gasteiger partial charge in [-0.25, -0.2) is 8.78 Å². The lowest BCUT2D eigenvalue weighted by Gasteiger charge is -2.12. The van der Waals surface area contributed by atoms with Crippen molar-refractivity contribution in [2.45, 2.75) is 0 Å². The van der Waals surface area contributed by atoms with E-state index in [0.717, 1.165) is 26.5 Å². The molecule has 0 atom stereocenters. The molecule has 12 heteroatoms. The van der Waals surface area contributed by atoms with Crippen molar-refractivity contribution in [3.63, 3.8) is 0 Å². The third kappa shape index (κ3) is 6.13. The van der Waals surface area contributed by atoms with Crippen molar-refractivity contribution in [3.05, 3.63) is 142 Å². The number of para-hydroxylation sites is 2. The summed E-state index contributed by atoms with van der Waals surface area (Å²) in [6.07, 6.45) is 0.811. The monoisotopic (exact) mass is 710 g/mol. The highest BCUT2D eigenvalue weighted by Gasteiger charge is 2.19. The van der Waals surface area contributed by atoms with E-state index in [0.29, 0.717) is 28.5 Å². The molecule has 0 spiro atoms. The van der Waals surface area contributed by atoms with Crippen LogP contribution in [0, 0.1) is 15.2 Å². The van der Waals surface area contributed by atoms with E-state index in [1.807, 2.05) is 60.7 Å². The van der Waals surface area contributed by atoms with Gasteiger partial charge >= 0.3 is 0 Å². The number of carbonyl (C=O) groups is 1. The van der Waals surface area contributed by atoms with Gasteiger partial charge in [0, 0.05) is 20.3 Å². The quantitative estimate of drug-likeness (QED) is 0.135. The molecule has 2 aromatic heterocycles. The maximum absolute atomic E-state index is 14.2. The number of benzene rings is 5. The van der Waals surface area contributed by atoms with Crippen LogP contribution in [0.15, 0.2) is 121 Å². The molecule has 0 aliphatic carbocycles. The number of nitrogens with zero attached hydrogens (tertiary/aromatic N) is 8. The molecule has 0 saturated carbocycles. The molecule has 7 rings (SSSR count). The summed E-state index contributed by atoms with van der Waals surface area (Å²) < 4.78 is 31.8. The van der Waals surface area contributed by atoms with Gasteiger partial charge in [0.25, 0.3) is 0 Å². The Morgan fingerprint density at radius 1 is 0.533 bits per heavy atom. The minimum atomic E-state index is -0.424. The molecule has 0 bridgehead atoms. The van der Waals surface area contributed by atoms with Gasteiger partial charge in [-0.15, -0.1) is 10.2 Å². The second kappa shape index (κ2) is 13.4. The van der Waals surface area contributed by atoms with Crippen LogP contribution >= 0.6 is 22.6 Å². The molecule has 0 unspecified atom stereocenters. The van der Waals surface area contributed by atoms with E-state index in [-0.39, 0.29) is 11.5 Å². The molecule has 2 heterocycles. The first-order valence-electron chi connectivity index (χ1n) is 13.5. The molecule has 0 saturated heterocycles. The van der Waals surface area contributed by atoms with Gasteiger partial charge in [0.05, 0.1) is 0 Å². The first kappa shape index (κ1) is 29.6. The van der Waals surface area contributed by atoms with E-state index < -0.39 is 5.82 Å². The molecule has 45 heavy (non-hydrogen) atoms. The fraction of sp³-hybridized carbons (Fsp3) is 0. The first-order valence-corrected chi connectivity index (χ1v) is 14.6. The van der Waals surface area contributed by atoms with Gasteiger partial charge in [-0.05, 0) is 84.9 Å². The van der Waals surface area contributed by atoms with E-state index in [1.165, 1.54) is 21.5 Å². The molecule has 7 aromatic rings. The summed E-state index contributed by atoms with van der Waals surface area (Å²) in [5, 5.41) is 23.3. The van der Waals surface area contributed by atoms with Crippen LogP contribution in [0.4, 0.5) is 8.78 Å². The van der Waals surface area contributed by atoms with E-state index in [9.17, 15) is 13.6 Å². The molecular weight excluding hydrogens is 689 g/mol. The van der Waals surface area contributed by atoms with Crippen molar-refractivity contribution in [1.82, 2.24) is 40.4 Å². The Morgan fingerprint density at radius 3 is 1.53 bits per heavy atom. The normalized spacial score (nSPS) is 10.6. The highest BCUT2D eigenvalue weighted by molar-refractivity contribution is 14.1. The Morgan fingerprint density at radius 2 is 0.978 bits per heavy atom. The van der Waals surface area contributed by atoms with Crippen molar-refractivity contribution in [2.24, 2.45) is 0 Å². The van der Waals surface area contributed by atoms with Crippen LogP contribution in [-0.2, 0) is 0 Å². The van der Waals surface area contributed by atoms with Crippen LogP contribution < -0.4 is 0 Å². The maximum atomic E-state index is 14.2. The Balaban J connectivity index is 0.000000167. The Labute approximate surface area is 269 Å². The minimum Gasteiger partial charge on any atom is -0.298 e. The van der Waals surface area contributed by atoms with E-state index >= 15 is 0 Å². The molecule has 0 aliphatic rings. The lowest BCUT2D eigenvalue weighted by molar-refractivity contribution is 0.112. The summed E-state index contributed by atoms with van der Waals surface area (Å²) in [6, 6.07) is 35.1. The number of aldehydes is 1. The van der Waals surface area contributed by atoms with Crippen molar-refractivity contribution in [2.75, 3.05) is 0 Å². The Kier molecular flexibility index (Phi) is 8.82. The zero-order valence-electron chi connectivity index (χ0n) is 23.2. The van der Waals surface area contributed by atoms with Gasteiger partial charge in [0.2, 0.25) is 0 Å². The third-order valence-electron chi connectivity index (χ3n) is 6.76. The second-order valence-corrected chi connectivity index (χ2v) is 10.6. The fourth-order valence-corrected chi connectivity index (χ4v) is 5.31. The average Bonchev–Trinajstić information content (AvgIpc) is 3.76. The Hall–Kier alpha value is -5.50. The highest BCUT2D eigenvalue weighted by Crippen LogP contribution is 2.33. The predicted octanol–water partition coefficient (Wildman–Crippen LogP) is 7.02. The summed E-state index contributed by atoms with van der Waals surface area (Å²) in [6.45, 7) is 0. The lowest BCUT2D eigenvalue weighted by atomic mass is 9.95. The zero-order chi connectivity index (χ0) is 31.2. The van der Waals surface area contributed by atoms with Crippen molar-refractivity contribution in [3.8, 4) is 45.3 Å². The van der Waals surface area contributed by atoms with Crippen LogP contribution in [-0.4, -0.2) is 46.7 Å². The smallest absolute Gasteiger partial charge is 0.188 e. The van der Waals surface area contributed by atoms with Crippen LogP contribution in [0.1, 0.15) is 10.4 Å². The zero-order valence-corrected chi connectivity index (χ0v) is 25.4. The summed E-state index contributed by atoms with van der Waals surface area (Å²) in [4.78, 5) is 11.4. The topological polar surface area (TPSA) is 104 Å². The van der Waals surface area contributed by atoms with Crippen LogP contribution in [0.5, 0.6) is 0 Å². The third-order valence-corrected chi connectivity index (χ3v) is 7.70. The average molecular weight is 710 g/mol. The molecule has 0 fully saturated rings. The summed E-state index contributed by atoms with van der Waals surface area (Å²) in [5.74, 6) is 0.135. The van der Waals surface area contributed by atoms with Gasteiger partial charge in [-0.3, -0.25) is 4.79 Å². The lowest BCUT2D eigenvalue weighted by Crippen LogP contribution is -2.03. The first-order chi connectivity index (χ1) is 22.1. The number of halogens is 3. The van der Waals surface area contributed by atoms with Gasteiger partial charge in [-0.1, -0.05) is 91.0 Å². The van der Waals surface area contributed by atoms with Gasteiger partial charge in [-0.2, -0.15) is 9.36 Å². The predicted molar refractivity (Wildman–Crippen MR) is 173 cm³/mol. The number of hydrogen-bond donors (Lipinski definition) is 0. The van der Waals surface area contributed by atoms with E-state index in [1.54, 1.807) is 48.5 Å². The largest absolute Gasteiger partial charge is 0.298 e. The van der Waals surface area contributed by atoms with Crippen LogP contribution in [0.2, 0.25) is 0 Å². The maximum Gasteiger partial charge on any atom is 0.188 e. The van der Waals surface area contributed by atoms with Crippen LogP contribution in [0.25, 0.3) is 45.3 Å². The highest BCUT2D eigenvalue weighted by atomic mass is 127. The number of aromatic nitrogens is 8. The molecule has 9 nitrogen and oxygen atoms in total. The molecule has 0 N–H and O–H groups in total. The molecular formula is C33H21F2IN8O. The molecule has 0 amide bonds. The van der Waals surface area contributed by atoms with Gasteiger partial charge < -0.3 is 0 Å². The number of tetrazole rings is 2. The molecule has 5 aromatic carbocycles. The Bertz CT molecular complexity index is 2050. The van der Waals surface area contributed by atoms with E-state index in [4.69, 9.17) is 0 Å². The summed E-state index contributed by atoms with van der Waals surface area (Å²) in [5.41, 5.74) is 4.29. The minimum absolute atomic E-state index is 0.256. The molecule has 0 radical (unpaired) electrons. The SMILES string of the molecule is Fc1ccccc1-n1nnnc1-c1ccccc1I.O=Cc1ccccc1-c1ccccc1-c1nnnn1-c1ccccc1F. The number of rotatable bonds is 6. The van der Waals surface area contributed by atoms with Crippen molar-refractivity contribution in [1.29, 1.82) is 0 Å². The van der Waals surface area contributed by atoms with E-state index in [2.05, 4.69) is 53.6 Å². The van der Waals surface area contributed by atoms with Gasteiger partial charge in [0.1, 0.15) is 23.0 Å². The summed E-state index contributed by atoms with van der Waals surface area (Å²) >= 11 is 2.20. The van der Waals surface area contributed by atoms with Crippen LogP contribution in [0.3, 0.4) is 0 Å². The number of carbonyl (C=O) groups excluding carboxylic acids is 1. The fourth-order valence-electron chi connectivity index (χ4n) is 4.68. The second-order valence-electron chi connectivity index (χ2n) is 9.46. The van der Waals surface area contributed by atoms with Gasteiger partial charge in [0.15, 0.2) is 17.9 Å². The molecule has 220 valence electrons. The number of hydrogen-bond acceptors (Lipinski definition) is 7. The van der Waals surface area contributed by atoms with Crippen molar-refractivity contribution < 1.29 is 13.6 Å². The molecule has 0 aliphatic heterocycles. The van der Waals surface area contributed by atoms with Crippen molar-refractivity contribution >= 4 is 28.9 Å². The standard InChI is InChI=1S/C20H13FN4O.C13H8FIN4/c21-18-11-5-6-12-19(18)25-20(22-23-24-25)17-10-4-3-9-16(17)15-8-2-1-7-14(15)13-26;14-10-6-2-4-8-12(10)19-13(16-17-18-19)9-5-1-3-7-11(9)15/h1-13H;1-8H.